The van der Waals surface area contributed by atoms with Gasteiger partial charge in [-0.15, -0.1) is 0 Å². The lowest BCUT2D eigenvalue weighted by Crippen LogP contribution is -1.98. The summed E-state index contributed by atoms with van der Waals surface area (Å²) in [5, 5.41) is 23.7. The zero-order chi connectivity index (χ0) is 15.5. The normalized spacial score (nSPS) is 12.3. The Morgan fingerprint density at radius 1 is 1.00 bits per heavy atom. The van der Waals surface area contributed by atoms with Crippen molar-refractivity contribution in [3.05, 3.63) is 66.4 Å². The minimum atomic E-state index is -0.417. The minimum Gasteiger partial charge on any atom is -0.508 e. The van der Waals surface area contributed by atoms with Crippen molar-refractivity contribution in [2.24, 2.45) is 0 Å². The molecule has 4 nitrogen and oxygen atoms in total. The molecular weight excluding hydrogens is 276 g/mol. The molecule has 2 aromatic carbocycles. The van der Waals surface area contributed by atoms with Crippen LogP contribution in [0.25, 0.3) is 16.9 Å². The van der Waals surface area contributed by atoms with Crippen LogP contribution in [0.1, 0.15) is 25.0 Å². The first-order valence-corrected chi connectivity index (χ1v) is 7.31. The molecule has 112 valence electrons. The maximum absolute atomic E-state index is 9.82. The standard InChI is InChI=1S/C18H18N2O2/c1-2-18(22)14-3-7-15(8-4-14)20-12-11-17(19-20)13-5-9-16(21)10-6-13/h3-12,18,21-22H,2H2,1H3. The van der Waals surface area contributed by atoms with Crippen molar-refractivity contribution in [1.82, 2.24) is 9.78 Å². The highest BCUT2D eigenvalue weighted by molar-refractivity contribution is 5.59. The van der Waals surface area contributed by atoms with Crippen LogP contribution in [-0.4, -0.2) is 20.0 Å². The molecule has 0 aliphatic carbocycles. The number of hydrogen-bond acceptors (Lipinski definition) is 3. The van der Waals surface area contributed by atoms with Crippen LogP contribution in [0.4, 0.5) is 0 Å². The number of benzene rings is 2. The first-order chi connectivity index (χ1) is 10.7. The number of phenols is 1. The van der Waals surface area contributed by atoms with Crippen LogP contribution in [0.3, 0.4) is 0 Å². The van der Waals surface area contributed by atoms with Crippen molar-refractivity contribution in [1.29, 1.82) is 0 Å². The lowest BCUT2D eigenvalue weighted by Gasteiger charge is -2.09. The number of phenolic OH excluding ortho intramolecular Hbond substituents is 1. The summed E-state index contributed by atoms with van der Waals surface area (Å²) in [6, 6.07) is 16.6. The van der Waals surface area contributed by atoms with Crippen LogP contribution in [0.5, 0.6) is 5.75 Å². The fourth-order valence-electron chi connectivity index (χ4n) is 2.34. The van der Waals surface area contributed by atoms with E-state index in [1.165, 1.54) is 0 Å². The van der Waals surface area contributed by atoms with Crippen molar-refractivity contribution in [3.8, 4) is 22.7 Å². The predicted octanol–water partition coefficient (Wildman–Crippen LogP) is 3.69. The molecule has 1 atom stereocenters. The average Bonchev–Trinajstić information content (AvgIpc) is 3.05. The summed E-state index contributed by atoms with van der Waals surface area (Å²) in [6.45, 7) is 1.95. The molecule has 1 aromatic heterocycles. The quantitative estimate of drug-likeness (QED) is 0.771. The second kappa shape index (κ2) is 6.03. The van der Waals surface area contributed by atoms with E-state index in [9.17, 15) is 10.2 Å². The second-order valence-electron chi connectivity index (χ2n) is 5.21. The highest BCUT2D eigenvalue weighted by Crippen LogP contribution is 2.22. The summed E-state index contributed by atoms with van der Waals surface area (Å²) in [7, 11) is 0. The summed E-state index contributed by atoms with van der Waals surface area (Å²) >= 11 is 0. The molecule has 0 fully saturated rings. The Bertz CT molecular complexity index is 746. The molecule has 2 N–H and O–H groups in total. The van der Waals surface area contributed by atoms with Gasteiger partial charge in [0.05, 0.1) is 17.5 Å². The van der Waals surface area contributed by atoms with Crippen molar-refractivity contribution < 1.29 is 10.2 Å². The Balaban J connectivity index is 1.85. The number of rotatable bonds is 4. The highest BCUT2D eigenvalue weighted by Gasteiger charge is 2.07. The summed E-state index contributed by atoms with van der Waals surface area (Å²) in [4.78, 5) is 0. The summed E-state index contributed by atoms with van der Waals surface area (Å²) < 4.78 is 1.80. The molecule has 1 unspecified atom stereocenters. The molecule has 0 aliphatic heterocycles. The van der Waals surface area contributed by atoms with Crippen LogP contribution in [0.15, 0.2) is 60.8 Å². The van der Waals surface area contributed by atoms with Crippen molar-refractivity contribution >= 4 is 0 Å². The monoisotopic (exact) mass is 294 g/mol. The van der Waals surface area contributed by atoms with Gasteiger partial charge < -0.3 is 10.2 Å². The Morgan fingerprint density at radius 3 is 2.32 bits per heavy atom. The number of aromatic nitrogens is 2. The van der Waals surface area contributed by atoms with E-state index in [0.29, 0.717) is 6.42 Å². The van der Waals surface area contributed by atoms with Gasteiger partial charge in [0.1, 0.15) is 5.75 Å². The van der Waals surface area contributed by atoms with E-state index >= 15 is 0 Å². The van der Waals surface area contributed by atoms with Gasteiger partial charge in [-0.05, 0) is 54.4 Å². The summed E-state index contributed by atoms with van der Waals surface area (Å²) in [5.74, 6) is 0.244. The van der Waals surface area contributed by atoms with E-state index in [1.54, 1.807) is 16.8 Å². The number of aliphatic hydroxyl groups is 1. The van der Waals surface area contributed by atoms with Gasteiger partial charge in [0.2, 0.25) is 0 Å². The molecule has 0 aliphatic rings. The summed E-state index contributed by atoms with van der Waals surface area (Å²) in [6.07, 6.45) is 2.18. The molecule has 0 saturated heterocycles. The SMILES string of the molecule is CCC(O)c1ccc(-n2ccc(-c3ccc(O)cc3)n2)cc1. The Kier molecular flexibility index (Phi) is 3.94. The minimum absolute atomic E-state index is 0.244. The lowest BCUT2D eigenvalue weighted by molar-refractivity contribution is 0.173. The number of aliphatic hydroxyl groups excluding tert-OH is 1. The molecule has 1 heterocycles. The van der Waals surface area contributed by atoms with Crippen LogP contribution in [0.2, 0.25) is 0 Å². The Morgan fingerprint density at radius 2 is 1.68 bits per heavy atom. The summed E-state index contributed by atoms with van der Waals surface area (Å²) in [5.41, 5.74) is 3.65. The number of hydrogen-bond donors (Lipinski definition) is 2. The van der Waals surface area contributed by atoms with E-state index in [2.05, 4.69) is 5.10 Å². The average molecular weight is 294 g/mol. The fourth-order valence-corrected chi connectivity index (χ4v) is 2.34. The van der Waals surface area contributed by atoms with Gasteiger partial charge in [0, 0.05) is 11.8 Å². The van der Waals surface area contributed by atoms with Gasteiger partial charge in [0.15, 0.2) is 0 Å². The molecular formula is C18H18N2O2. The van der Waals surface area contributed by atoms with Crippen molar-refractivity contribution in [2.75, 3.05) is 0 Å². The van der Waals surface area contributed by atoms with Crippen LogP contribution in [0, 0.1) is 0 Å². The Labute approximate surface area is 129 Å². The third-order valence-electron chi connectivity index (χ3n) is 3.68. The maximum atomic E-state index is 9.82. The van der Waals surface area contributed by atoms with Crippen LogP contribution < -0.4 is 0 Å². The number of aromatic hydroxyl groups is 1. The molecule has 0 spiro atoms. The molecule has 22 heavy (non-hydrogen) atoms. The first kappa shape index (κ1) is 14.4. The smallest absolute Gasteiger partial charge is 0.115 e. The topological polar surface area (TPSA) is 58.3 Å². The van der Waals surface area contributed by atoms with E-state index in [0.717, 1.165) is 22.5 Å². The van der Waals surface area contributed by atoms with E-state index < -0.39 is 6.10 Å². The zero-order valence-corrected chi connectivity index (χ0v) is 12.3. The predicted molar refractivity (Wildman–Crippen MR) is 85.9 cm³/mol. The van der Waals surface area contributed by atoms with Crippen LogP contribution in [-0.2, 0) is 0 Å². The molecule has 0 radical (unpaired) electrons. The fraction of sp³-hybridized carbons (Fsp3) is 0.167. The molecule has 3 rings (SSSR count). The zero-order valence-electron chi connectivity index (χ0n) is 12.3. The molecule has 3 aromatic rings. The lowest BCUT2D eigenvalue weighted by atomic mass is 10.1. The van der Waals surface area contributed by atoms with Crippen LogP contribution >= 0.6 is 0 Å². The van der Waals surface area contributed by atoms with Gasteiger partial charge in [0.25, 0.3) is 0 Å². The third-order valence-corrected chi connectivity index (χ3v) is 3.68. The second-order valence-corrected chi connectivity index (χ2v) is 5.21. The Hall–Kier alpha value is -2.59. The maximum Gasteiger partial charge on any atom is 0.115 e. The van der Waals surface area contributed by atoms with Gasteiger partial charge >= 0.3 is 0 Å². The van der Waals surface area contributed by atoms with Gasteiger partial charge in [-0.3, -0.25) is 0 Å². The third kappa shape index (κ3) is 2.87. The first-order valence-electron chi connectivity index (χ1n) is 7.31. The molecule has 0 bridgehead atoms. The largest absolute Gasteiger partial charge is 0.508 e. The highest BCUT2D eigenvalue weighted by atomic mass is 16.3. The van der Waals surface area contributed by atoms with Gasteiger partial charge in [-0.25, -0.2) is 4.68 Å². The van der Waals surface area contributed by atoms with Gasteiger partial charge in [-0.2, -0.15) is 5.10 Å². The van der Waals surface area contributed by atoms with E-state index in [1.807, 2.05) is 55.6 Å². The molecule has 4 heteroatoms. The molecule has 0 saturated carbocycles. The van der Waals surface area contributed by atoms with Crippen molar-refractivity contribution in [3.63, 3.8) is 0 Å². The number of nitrogens with zero attached hydrogens (tertiary/aromatic N) is 2. The van der Waals surface area contributed by atoms with E-state index in [4.69, 9.17) is 0 Å². The van der Waals surface area contributed by atoms with Gasteiger partial charge in [-0.1, -0.05) is 19.1 Å². The molecule has 0 amide bonds. The van der Waals surface area contributed by atoms with E-state index in [-0.39, 0.29) is 5.75 Å². The van der Waals surface area contributed by atoms with Crippen molar-refractivity contribution in [2.45, 2.75) is 19.4 Å².